The lowest BCUT2D eigenvalue weighted by Crippen LogP contribution is -2.36. The van der Waals surface area contributed by atoms with Crippen molar-refractivity contribution < 1.29 is 14.6 Å². The van der Waals surface area contributed by atoms with Gasteiger partial charge < -0.3 is 15.6 Å². The number of hydrogen-bond acceptors (Lipinski definition) is 3. The van der Waals surface area contributed by atoms with E-state index in [2.05, 4.69) is 6.20 Å². The summed E-state index contributed by atoms with van der Waals surface area (Å²) in [5, 5.41) is 10.1. The first kappa shape index (κ1) is 15.1. The number of nitrogens with zero attached hydrogens (tertiary/aromatic N) is 1. The lowest BCUT2D eigenvalue weighted by Gasteiger charge is -2.33. The van der Waals surface area contributed by atoms with Crippen LogP contribution in [0.5, 0.6) is 11.5 Å². The number of quaternary nitrogens is 1. The van der Waals surface area contributed by atoms with Gasteiger partial charge in [-0.3, -0.25) is 4.79 Å². The Balaban J connectivity index is 2.15. The van der Waals surface area contributed by atoms with Gasteiger partial charge in [-0.05, 0) is 24.3 Å². The van der Waals surface area contributed by atoms with Crippen LogP contribution < -0.4 is 15.0 Å². The third-order valence-corrected chi connectivity index (χ3v) is 4.31. The van der Waals surface area contributed by atoms with Gasteiger partial charge in [-0.2, -0.15) is 0 Å². The Bertz CT molecular complexity index is 797. The third-order valence-electron chi connectivity index (χ3n) is 4.31. The Morgan fingerprint density at radius 1 is 1.26 bits per heavy atom. The number of aromatic hydroxyl groups is 1. The average Bonchev–Trinajstić information content (AvgIpc) is 2.55. The number of rotatable bonds is 3. The molecule has 2 aromatic carbocycles. The molecule has 5 nitrogen and oxygen atoms in total. The van der Waals surface area contributed by atoms with Gasteiger partial charge in [-0.25, -0.2) is 4.48 Å². The number of amides is 1. The van der Waals surface area contributed by atoms with Gasteiger partial charge in [-0.1, -0.05) is 0 Å². The topological polar surface area (TPSA) is 72.5 Å². The van der Waals surface area contributed by atoms with Gasteiger partial charge in [0.15, 0.2) is 0 Å². The SMILES string of the molecule is COc1ccc([N+]2(C)C=CCc3cc(C(N)=O)c(O)cc32)cc1. The quantitative estimate of drug-likeness (QED) is 0.856. The van der Waals surface area contributed by atoms with E-state index in [4.69, 9.17) is 10.5 Å². The highest BCUT2D eigenvalue weighted by Crippen LogP contribution is 2.42. The first-order valence-electron chi connectivity index (χ1n) is 7.30. The van der Waals surface area contributed by atoms with Crippen molar-refractivity contribution in [2.45, 2.75) is 6.42 Å². The van der Waals surface area contributed by atoms with Gasteiger partial charge in [-0.15, -0.1) is 0 Å². The van der Waals surface area contributed by atoms with Crippen LogP contribution in [0.2, 0.25) is 0 Å². The molecule has 1 aliphatic rings. The predicted molar refractivity (Wildman–Crippen MR) is 89.8 cm³/mol. The summed E-state index contributed by atoms with van der Waals surface area (Å²) in [5.74, 6) is 0.0661. The molecule has 0 bridgehead atoms. The van der Waals surface area contributed by atoms with Crippen LogP contribution in [0.3, 0.4) is 0 Å². The molecule has 0 radical (unpaired) electrons. The Labute approximate surface area is 134 Å². The molecule has 1 atom stereocenters. The average molecular weight is 311 g/mol. The molecule has 0 aromatic heterocycles. The van der Waals surface area contributed by atoms with Gasteiger partial charge >= 0.3 is 0 Å². The first-order valence-corrected chi connectivity index (χ1v) is 7.30. The number of hydrogen-bond donors (Lipinski definition) is 2. The Kier molecular flexibility index (Phi) is 3.58. The number of nitrogens with two attached hydrogens (primary N) is 1. The normalized spacial score (nSPS) is 19.2. The molecule has 1 unspecified atom stereocenters. The van der Waals surface area contributed by atoms with Crippen molar-refractivity contribution in [3.8, 4) is 11.5 Å². The molecule has 0 aliphatic carbocycles. The van der Waals surface area contributed by atoms with Crippen molar-refractivity contribution in [3.63, 3.8) is 0 Å². The zero-order chi connectivity index (χ0) is 16.6. The number of primary amides is 1. The van der Waals surface area contributed by atoms with Gasteiger partial charge in [0.1, 0.15) is 29.1 Å². The van der Waals surface area contributed by atoms with E-state index in [9.17, 15) is 9.90 Å². The van der Waals surface area contributed by atoms with Gasteiger partial charge in [0.2, 0.25) is 0 Å². The van der Waals surface area contributed by atoms with Crippen LogP contribution in [0.4, 0.5) is 11.4 Å². The molecule has 1 heterocycles. The highest BCUT2D eigenvalue weighted by molar-refractivity contribution is 5.96. The van der Waals surface area contributed by atoms with Crippen LogP contribution in [0.15, 0.2) is 48.7 Å². The third kappa shape index (κ3) is 2.45. The molecular weight excluding hydrogens is 292 g/mol. The number of carbonyl (C=O) groups is 1. The van der Waals surface area contributed by atoms with Crippen molar-refractivity contribution in [2.24, 2.45) is 5.73 Å². The zero-order valence-corrected chi connectivity index (χ0v) is 13.1. The Hall–Kier alpha value is -2.79. The summed E-state index contributed by atoms with van der Waals surface area (Å²) < 4.78 is 5.60. The molecule has 0 saturated heterocycles. The second kappa shape index (κ2) is 5.44. The number of benzene rings is 2. The fraction of sp³-hybridized carbons (Fsp3) is 0.167. The molecule has 0 fully saturated rings. The lowest BCUT2D eigenvalue weighted by molar-refractivity contribution is 0.0997. The smallest absolute Gasteiger partial charge is 0.252 e. The van der Waals surface area contributed by atoms with Gasteiger partial charge in [0, 0.05) is 30.2 Å². The minimum Gasteiger partial charge on any atom is -0.507 e. The summed E-state index contributed by atoms with van der Waals surface area (Å²) in [7, 11) is 3.66. The van der Waals surface area contributed by atoms with Crippen molar-refractivity contribution in [1.29, 1.82) is 0 Å². The highest BCUT2D eigenvalue weighted by Gasteiger charge is 2.32. The molecule has 118 valence electrons. The number of allylic oxidation sites excluding steroid dienone is 1. The molecule has 1 aliphatic heterocycles. The minimum absolute atomic E-state index is 0.0931. The fourth-order valence-corrected chi connectivity index (χ4v) is 3.00. The number of carbonyl (C=O) groups excluding carboxylic acids is 1. The van der Waals surface area contributed by atoms with E-state index in [1.54, 1.807) is 19.2 Å². The zero-order valence-electron chi connectivity index (χ0n) is 13.1. The maximum Gasteiger partial charge on any atom is 0.252 e. The Morgan fingerprint density at radius 3 is 2.57 bits per heavy atom. The minimum atomic E-state index is -0.626. The summed E-state index contributed by atoms with van der Waals surface area (Å²) in [5.41, 5.74) is 8.38. The lowest BCUT2D eigenvalue weighted by atomic mass is 9.98. The molecule has 3 rings (SSSR count). The van der Waals surface area contributed by atoms with E-state index < -0.39 is 5.91 Å². The number of ether oxygens (including phenoxy) is 1. The van der Waals surface area contributed by atoms with E-state index >= 15 is 0 Å². The van der Waals surface area contributed by atoms with Crippen LogP contribution in [-0.4, -0.2) is 25.2 Å². The predicted octanol–water partition coefficient (Wildman–Crippen LogP) is 2.84. The van der Waals surface area contributed by atoms with E-state index in [-0.39, 0.29) is 11.3 Å². The van der Waals surface area contributed by atoms with Crippen LogP contribution >= 0.6 is 0 Å². The van der Waals surface area contributed by atoms with E-state index in [1.165, 1.54) is 0 Å². The molecule has 0 spiro atoms. The highest BCUT2D eigenvalue weighted by atomic mass is 16.5. The summed E-state index contributed by atoms with van der Waals surface area (Å²) in [6.45, 7) is 0. The maximum atomic E-state index is 11.4. The fourth-order valence-electron chi connectivity index (χ4n) is 3.00. The van der Waals surface area contributed by atoms with Crippen molar-refractivity contribution in [3.05, 3.63) is 59.8 Å². The van der Waals surface area contributed by atoms with Crippen LogP contribution in [0.25, 0.3) is 0 Å². The van der Waals surface area contributed by atoms with Crippen molar-refractivity contribution >= 4 is 17.3 Å². The largest absolute Gasteiger partial charge is 0.507 e. The molecule has 2 aromatic rings. The van der Waals surface area contributed by atoms with Crippen molar-refractivity contribution in [2.75, 3.05) is 14.2 Å². The second-order valence-corrected chi connectivity index (χ2v) is 5.72. The standard InChI is InChI=1S/C18H18N2O3/c1-20(13-5-7-14(23-2)8-6-13)9-3-4-12-10-15(18(19)22)17(21)11-16(12)20/h3,5-11H,4H2,1-2H3,(H2-,19,21,22)/p+1. The molecular formula is C18H19N2O3+. The summed E-state index contributed by atoms with van der Waals surface area (Å²) in [4.78, 5) is 11.4. The van der Waals surface area contributed by atoms with Gasteiger partial charge in [0.05, 0.1) is 19.7 Å². The molecule has 3 N–H and O–H groups in total. The maximum absolute atomic E-state index is 11.4. The number of phenols is 1. The number of methoxy groups -OCH3 is 1. The molecule has 5 heteroatoms. The van der Waals surface area contributed by atoms with Crippen molar-refractivity contribution in [1.82, 2.24) is 4.48 Å². The van der Waals surface area contributed by atoms with E-state index in [0.717, 1.165) is 22.7 Å². The first-order chi connectivity index (χ1) is 11.0. The molecule has 23 heavy (non-hydrogen) atoms. The van der Waals surface area contributed by atoms with Crippen LogP contribution in [0, 0.1) is 0 Å². The summed E-state index contributed by atoms with van der Waals surface area (Å²) in [6, 6.07) is 11.1. The number of fused-ring (bicyclic) bond motifs is 1. The van der Waals surface area contributed by atoms with E-state index in [0.29, 0.717) is 10.9 Å². The van der Waals surface area contributed by atoms with Crippen LogP contribution in [-0.2, 0) is 6.42 Å². The molecule has 0 saturated carbocycles. The van der Waals surface area contributed by atoms with E-state index in [1.807, 2.05) is 37.4 Å². The second-order valence-electron chi connectivity index (χ2n) is 5.72. The van der Waals surface area contributed by atoms with Crippen LogP contribution in [0.1, 0.15) is 15.9 Å². The Morgan fingerprint density at radius 2 is 1.96 bits per heavy atom. The van der Waals surface area contributed by atoms with Gasteiger partial charge in [0.25, 0.3) is 5.91 Å². The summed E-state index contributed by atoms with van der Waals surface area (Å²) in [6.07, 6.45) is 4.81. The monoisotopic (exact) mass is 311 g/mol. The molecule has 1 amide bonds. The summed E-state index contributed by atoms with van der Waals surface area (Å²) >= 11 is 0.